The van der Waals surface area contributed by atoms with Crippen molar-refractivity contribution < 1.29 is 4.79 Å². The van der Waals surface area contributed by atoms with Gasteiger partial charge in [-0.1, -0.05) is 27.2 Å². The standard InChI is InChI=1S/C12H25NOS/c1-6-7-8-11(14)13-9-12(4,5)15-10(2)3/h10H,6-9H2,1-5H3,(H,13,14). The zero-order valence-electron chi connectivity index (χ0n) is 10.7. The molecule has 0 saturated carbocycles. The fraction of sp³-hybridized carbons (Fsp3) is 0.917. The van der Waals surface area contributed by atoms with Gasteiger partial charge in [0.05, 0.1) is 0 Å². The number of rotatable bonds is 7. The van der Waals surface area contributed by atoms with Crippen molar-refractivity contribution in [2.24, 2.45) is 0 Å². The van der Waals surface area contributed by atoms with Crippen LogP contribution in [0.3, 0.4) is 0 Å². The van der Waals surface area contributed by atoms with Crippen LogP contribution in [0.25, 0.3) is 0 Å². The van der Waals surface area contributed by atoms with Gasteiger partial charge in [0.2, 0.25) is 5.91 Å². The molecule has 0 aliphatic rings. The first-order valence-corrected chi connectivity index (χ1v) is 6.70. The van der Waals surface area contributed by atoms with E-state index in [4.69, 9.17) is 0 Å². The number of unbranched alkanes of at least 4 members (excludes halogenated alkanes) is 1. The van der Waals surface area contributed by atoms with E-state index in [0.29, 0.717) is 11.7 Å². The lowest BCUT2D eigenvalue weighted by Gasteiger charge is -2.26. The third kappa shape index (κ3) is 8.79. The average molecular weight is 231 g/mol. The van der Waals surface area contributed by atoms with Crippen LogP contribution in [0.5, 0.6) is 0 Å². The molecule has 0 aromatic heterocycles. The molecule has 0 aromatic rings. The van der Waals surface area contributed by atoms with E-state index < -0.39 is 0 Å². The molecule has 0 rings (SSSR count). The zero-order chi connectivity index (χ0) is 11.9. The Bertz CT molecular complexity index is 190. The quantitative estimate of drug-likeness (QED) is 0.729. The molecule has 0 radical (unpaired) electrons. The minimum Gasteiger partial charge on any atom is -0.355 e. The van der Waals surface area contributed by atoms with Crippen LogP contribution in [-0.4, -0.2) is 22.4 Å². The van der Waals surface area contributed by atoms with Crippen molar-refractivity contribution in [3.8, 4) is 0 Å². The summed E-state index contributed by atoms with van der Waals surface area (Å²) in [6, 6.07) is 0. The highest BCUT2D eigenvalue weighted by Gasteiger charge is 2.20. The predicted octanol–water partition coefficient (Wildman–Crippen LogP) is 3.21. The lowest BCUT2D eigenvalue weighted by Crippen LogP contribution is -2.36. The van der Waals surface area contributed by atoms with Gasteiger partial charge in [-0.3, -0.25) is 4.79 Å². The van der Waals surface area contributed by atoms with Gasteiger partial charge >= 0.3 is 0 Å². The van der Waals surface area contributed by atoms with Crippen molar-refractivity contribution in [3.63, 3.8) is 0 Å². The Balaban J connectivity index is 3.77. The molecule has 0 spiro atoms. The molecule has 0 unspecified atom stereocenters. The average Bonchev–Trinajstić information content (AvgIpc) is 2.09. The molecule has 0 aliphatic heterocycles. The fourth-order valence-corrected chi connectivity index (χ4v) is 2.85. The Hall–Kier alpha value is -0.180. The van der Waals surface area contributed by atoms with Gasteiger partial charge < -0.3 is 5.32 Å². The van der Waals surface area contributed by atoms with Crippen molar-refractivity contribution in [2.75, 3.05) is 6.54 Å². The van der Waals surface area contributed by atoms with Crippen molar-refractivity contribution >= 4 is 17.7 Å². The number of amides is 1. The van der Waals surface area contributed by atoms with Gasteiger partial charge in [-0.15, -0.1) is 0 Å². The second kappa shape index (κ2) is 7.15. The van der Waals surface area contributed by atoms with Crippen LogP contribution in [0.1, 0.15) is 53.9 Å². The third-order valence-corrected chi connectivity index (χ3v) is 3.28. The first kappa shape index (κ1) is 14.8. The number of nitrogens with one attached hydrogen (secondary N) is 1. The van der Waals surface area contributed by atoms with Crippen LogP contribution in [0.4, 0.5) is 0 Å². The second-order valence-corrected chi connectivity index (χ2v) is 7.09. The minimum absolute atomic E-state index is 0.135. The van der Waals surface area contributed by atoms with Gasteiger partial charge in [-0.05, 0) is 25.5 Å². The smallest absolute Gasteiger partial charge is 0.220 e. The van der Waals surface area contributed by atoms with E-state index in [1.807, 2.05) is 11.8 Å². The monoisotopic (exact) mass is 231 g/mol. The third-order valence-electron chi connectivity index (χ3n) is 2.02. The molecule has 90 valence electrons. The summed E-state index contributed by atoms with van der Waals surface area (Å²) < 4.78 is 0.135. The highest BCUT2D eigenvalue weighted by atomic mass is 32.2. The molecule has 0 aromatic carbocycles. The Morgan fingerprint density at radius 1 is 1.40 bits per heavy atom. The lowest BCUT2D eigenvalue weighted by atomic mass is 10.2. The van der Waals surface area contributed by atoms with Gasteiger partial charge in [-0.2, -0.15) is 11.8 Å². The Morgan fingerprint density at radius 3 is 2.47 bits per heavy atom. The Morgan fingerprint density at radius 2 is 2.00 bits per heavy atom. The summed E-state index contributed by atoms with van der Waals surface area (Å²) in [5.74, 6) is 0.189. The predicted molar refractivity (Wildman–Crippen MR) is 69.3 cm³/mol. The van der Waals surface area contributed by atoms with Crippen molar-refractivity contribution in [1.29, 1.82) is 0 Å². The molecule has 15 heavy (non-hydrogen) atoms. The molecule has 1 N–H and O–H groups in total. The molecular formula is C12H25NOS. The van der Waals surface area contributed by atoms with Gasteiger partial charge in [0.25, 0.3) is 0 Å². The van der Waals surface area contributed by atoms with Crippen LogP contribution >= 0.6 is 11.8 Å². The van der Waals surface area contributed by atoms with Crippen molar-refractivity contribution in [2.45, 2.75) is 63.9 Å². The number of hydrogen-bond donors (Lipinski definition) is 1. The summed E-state index contributed by atoms with van der Waals surface area (Å²) in [7, 11) is 0. The minimum atomic E-state index is 0.135. The molecule has 0 bridgehead atoms. The van der Waals surface area contributed by atoms with Crippen molar-refractivity contribution in [3.05, 3.63) is 0 Å². The summed E-state index contributed by atoms with van der Waals surface area (Å²) in [5.41, 5.74) is 0. The van der Waals surface area contributed by atoms with Crippen LogP contribution in [0.15, 0.2) is 0 Å². The molecule has 1 amide bonds. The van der Waals surface area contributed by atoms with Crippen LogP contribution < -0.4 is 5.32 Å². The van der Waals surface area contributed by atoms with E-state index in [1.165, 1.54) is 0 Å². The van der Waals surface area contributed by atoms with E-state index in [1.54, 1.807) is 0 Å². The zero-order valence-corrected chi connectivity index (χ0v) is 11.5. The molecule has 0 saturated heterocycles. The largest absolute Gasteiger partial charge is 0.355 e. The van der Waals surface area contributed by atoms with Crippen LogP contribution in [-0.2, 0) is 4.79 Å². The number of carbonyl (C=O) groups excluding carboxylic acids is 1. The molecule has 0 aliphatic carbocycles. The molecule has 2 nitrogen and oxygen atoms in total. The number of thioether (sulfide) groups is 1. The van der Waals surface area contributed by atoms with E-state index in [0.717, 1.165) is 19.4 Å². The van der Waals surface area contributed by atoms with Gasteiger partial charge in [0.1, 0.15) is 0 Å². The molecule has 0 fully saturated rings. The molecule has 3 heteroatoms. The first-order valence-electron chi connectivity index (χ1n) is 5.82. The second-order valence-electron chi connectivity index (χ2n) is 4.81. The number of hydrogen-bond acceptors (Lipinski definition) is 2. The number of carbonyl (C=O) groups is 1. The van der Waals surface area contributed by atoms with E-state index in [9.17, 15) is 4.79 Å². The molecular weight excluding hydrogens is 206 g/mol. The summed E-state index contributed by atoms with van der Waals surface area (Å²) >= 11 is 1.91. The van der Waals surface area contributed by atoms with Gasteiger partial charge in [-0.25, -0.2) is 0 Å². The van der Waals surface area contributed by atoms with Crippen LogP contribution in [0, 0.1) is 0 Å². The van der Waals surface area contributed by atoms with E-state index >= 15 is 0 Å². The summed E-state index contributed by atoms with van der Waals surface area (Å²) in [6.45, 7) is 11.6. The highest BCUT2D eigenvalue weighted by molar-refractivity contribution is 8.01. The highest BCUT2D eigenvalue weighted by Crippen LogP contribution is 2.27. The van der Waals surface area contributed by atoms with Gasteiger partial charge in [0, 0.05) is 17.7 Å². The topological polar surface area (TPSA) is 29.1 Å². The summed E-state index contributed by atoms with van der Waals surface area (Å²) in [5, 5.41) is 3.61. The van der Waals surface area contributed by atoms with E-state index in [2.05, 4.69) is 39.9 Å². The van der Waals surface area contributed by atoms with Crippen molar-refractivity contribution in [1.82, 2.24) is 5.32 Å². The molecule has 0 heterocycles. The van der Waals surface area contributed by atoms with Gasteiger partial charge in [0.15, 0.2) is 0 Å². The Kier molecular flexibility index (Phi) is 7.07. The SMILES string of the molecule is CCCCC(=O)NCC(C)(C)SC(C)C. The maximum atomic E-state index is 11.4. The maximum Gasteiger partial charge on any atom is 0.220 e. The Labute approximate surface area is 98.6 Å². The summed E-state index contributed by atoms with van der Waals surface area (Å²) in [6.07, 6.45) is 2.74. The van der Waals surface area contributed by atoms with Crippen LogP contribution in [0.2, 0.25) is 0 Å². The first-order chi connectivity index (χ1) is 6.87. The lowest BCUT2D eigenvalue weighted by molar-refractivity contribution is -0.121. The normalized spacial score (nSPS) is 11.9. The summed E-state index contributed by atoms with van der Waals surface area (Å²) in [4.78, 5) is 11.4. The maximum absolute atomic E-state index is 11.4. The fourth-order valence-electron chi connectivity index (χ4n) is 1.42. The van der Waals surface area contributed by atoms with E-state index in [-0.39, 0.29) is 10.7 Å². The molecule has 0 atom stereocenters.